The maximum Gasteiger partial charge on any atom is 0.159 e. The molecule has 5 heteroatoms. The Bertz CT molecular complexity index is 952. The predicted molar refractivity (Wildman–Crippen MR) is 98.1 cm³/mol. The fraction of sp³-hybridized carbons (Fsp3) is 0.200. The van der Waals surface area contributed by atoms with Crippen LogP contribution in [0.5, 0.6) is 11.5 Å². The van der Waals surface area contributed by atoms with Crippen LogP contribution in [0.15, 0.2) is 48.7 Å². The van der Waals surface area contributed by atoms with Crippen molar-refractivity contribution < 1.29 is 9.47 Å². The molecule has 4 rings (SSSR count). The second kappa shape index (κ2) is 5.74. The zero-order valence-corrected chi connectivity index (χ0v) is 15.0. The summed E-state index contributed by atoms with van der Waals surface area (Å²) in [4.78, 5) is 9.37. The molecule has 1 aromatic heterocycles. The molecule has 0 N–H and O–H groups in total. The number of rotatable bonds is 2. The standard InChI is InChI=1S/C20H17ClN2O2/c1-20(2)16-11-22-19(12-4-6-13(21)7-5-12)23-18(16)15-9-8-14(24-3)10-17(15)25-20/h4-11H,1-3H3. The number of halogens is 1. The van der Waals surface area contributed by atoms with Crippen LogP contribution < -0.4 is 9.47 Å². The SMILES string of the molecule is COc1ccc2c(c1)OC(C)(C)c1cnc(-c3ccc(Cl)cc3)nc1-2. The van der Waals surface area contributed by atoms with Crippen molar-refractivity contribution in [2.75, 3.05) is 7.11 Å². The van der Waals surface area contributed by atoms with Gasteiger partial charge in [0.25, 0.3) is 0 Å². The lowest BCUT2D eigenvalue weighted by Crippen LogP contribution is -2.30. The Morgan fingerprint density at radius 1 is 1.08 bits per heavy atom. The molecule has 0 saturated heterocycles. The highest BCUT2D eigenvalue weighted by Gasteiger charge is 2.34. The summed E-state index contributed by atoms with van der Waals surface area (Å²) < 4.78 is 11.5. The van der Waals surface area contributed by atoms with Gasteiger partial charge in [-0.3, -0.25) is 0 Å². The smallest absolute Gasteiger partial charge is 0.159 e. The van der Waals surface area contributed by atoms with Crippen LogP contribution in [0, 0.1) is 0 Å². The van der Waals surface area contributed by atoms with Crippen molar-refractivity contribution in [2.24, 2.45) is 0 Å². The van der Waals surface area contributed by atoms with E-state index in [1.54, 1.807) is 7.11 Å². The minimum Gasteiger partial charge on any atom is -0.497 e. The molecular weight excluding hydrogens is 336 g/mol. The Hall–Kier alpha value is -2.59. The van der Waals surface area contributed by atoms with E-state index in [9.17, 15) is 0 Å². The Morgan fingerprint density at radius 3 is 2.56 bits per heavy atom. The van der Waals surface area contributed by atoms with E-state index in [0.717, 1.165) is 33.9 Å². The summed E-state index contributed by atoms with van der Waals surface area (Å²) in [5.74, 6) is 2.18. The van der Waals surface area contributed by atoms with Crippen LogP contribution in [0.25, 0.3) is 22.6 Å². The molecule has 25 heavy (non-hydrogen) atoms. The van der Waals surface area contributed by atoms with Crippen molar-refractivity contribution in [1.29, 1.82) is 0 Å². The molecule has 0 radical (unpaired) electrons. The molecule has 1 aliphatic heterocycles. The van der Waals surface area contributed by atoms with Crippen molar-refractivity contribution in [3.63, 3.8) is 0 Å². The molecule has 3 aromatic rings. The third kappa shape index (κ3) is 2.72. The maximum atomic E-state index is 6.17. The van der Waals surface area contributed by atoms with Gasteiger partial charge in [-0.25, -0.2) is 9.97 Å². The van der Waals surface area contributed by atoms with Crippen LogP contribution in [-0.2, 0) is 5.60 Å². The average Bonchev–Trinajstić information content (AvgIpc) is 2.61. The monoisotopic (exact) mass is 352 g/mol. The molecule has 0 spiro atoms. The first-order chi connectivity index (χ1) is 12.0. The lowest BCUT2D eigenvalue weighted by Gasteiger charge is -2.34. The zero-order valence-electron chi connectivity index (χ0n) is 14.2. The summed E-state index contributed by atoms with van der Waals surface area (Å²) in [7, 11) is 1.64. The molecule has 1 aliphatic rings. The minimum absolute atomic E-state index is 0.521. The predicted octanol–water partition coefficient (Wildman–Crippen LogP) is 5.10. The van der Waals surface area contributed by atoms with Gasteiger partial charge < -0.3 is 9.47 Å². The molecule has 0 saturated carbocycles. The molecular formula is C20H17ClN2O2. The van der Waals surface area contributed by atoms with Crippen molar-refractivity contribution in [3.8, 4) is 34.1 Å². The normalized spacial score (nSPS) is 14.2. The van der Waals surface area contributed by atoms with Gasteiger partial charge >= 0.3 is 0 Å². The number of ether oxygens (including phenoxy) is 2. The third-order valence-corrected chi connectivity index (χ3v) is 4.60. The van der Waals surface area contributed by atoms with Gasteiger partial charge in [0.15, 0.2) is 5.82 Å². The summed E-state index contributed by atoms with van der Waals surface area (Å²) in [6.07, 6.45) is 1.85. The number of benzene rings is 2. The summed E-state index contributed by atoms with van der Waals surface area (Å²) in [5, 5.41) is 0.689. The topological polar surface area (TPSA) is 44.2 Å². The molecule has 126 valence electrons. The highest BCUT2D eigenvalue weighted by molar-refractivity contribution is 6.30. The van der Waals surface area contributed by atoms with Gasteiger partial charge in [0.1, 0.15) is 17.1 Å². The van der Waals surface area contributed by atoms with Crippen LogP contribution in [-0.4, -0.2) is 17.1 Å². The molecule has 4 nitrogen and oxygen atoms in total. The Labute approximate surface area is 151 Å². The fourth-order valence-electron chi connectivity index (χ4n) is 3.01. The number of methoxy groups -OCH3 is 1. The largest absolute Gasteiger partial charge is 0.497 e. The molecule has 0 amide bonds. The van der Waals surface area contributed by atoms with E-state index in [1.807, 2.05) is 62.5 Å². The van der Waals surface area contributed by atoms with E-state index in [2.05, 4.69) is 4.98 Å². The van der Waals surface area contributed by atoms with Gasteiger partial charge in [0.2, 0.25) is 0 Å². The summed E-state index contributed by atoms with van der Waals surface area (Å²) in [6.45, 7) is 4.03. The van der Waals surface area contributed by atoms with E-state index < -0.39 is 5.60 Å². The summed E-state index contributed by atoms with van der Waals surface area (Å²) in [6, 6.07) is 13.3. The van der Waals surface area contributed by atoms with Gasteiger partial charge in [0, 0.05) is 34.0 Å². The first-order valence-corrected chi connectivity index (χ1v) is 8.36. The maximum absolute atomic E-state index is 6.17. The van der Waals surface area contributed by atoms with Crippen LogP contribution in [0.4, 0.5) is 0 Å². The van der Waals surface area contributed by atoms with E-state index in [0.29, 0.717) is 10.8 Å². The first kappa shape index (κ1) is 15.9. The molecule has 0 aliphatic carbocycles. The van der Waals surface area contributed by atoms with E-state index in [4.69, 9.17) is 26.1 Å². The van der Waals surface area contributed by atoms with E-state index in [-0.39, 0.29) is 0 Å². The number of aromatic nitrogens is 2. The lowest BCUT2D eigenvalue weighted by molar-refractivity contribution is 0.104. The highest BCUT2D eigenvalue weighted by atomic mass is 35.5. The number of hydrogen-bond acceptors (Lipinski definition) is 4. The number of hydrogen-bond donors (Lipinski definition) is 0. The second-order valence-electron chi connectivity index (χ2n) is 6.44. The molecule has 0 fully saturated rings. The quantitative estimate of drug-likeness (QED) is 0.643. The van der Waals surface area contributed by atoms with Gasteiger partial charge in [-0.05, 0) is 50.2 Å². The van der Waals surface area contributed by atoms with Gasteiger partial charge in [-0.2, -0.15) is 0 Å². The van der Waals surface area contributed by atoms with E-state index in [1.165, 1.54) is 0 Å². The lowest BCUT2D eigenvalue weighted by atomic mass is 9.90. The van der Waals surface area contributed by atoms with Crippen molar-refractivity contribution >= 4 is 11.6 Å². The molecule has 2 heterocycles. The first-order valence-electron chi connectivity index (χ1n) is 7.99. The van der Waals surface area contributed by atoms with E-state index >= 15 is 0 Å². The van der Waals surface area contributed by atoms with Crippen LogP contribution in [0.3, 0.4) is 0 Å². The van der Waals surface area contributed by atoms with Crippen molar-refractivity contribution in [3.05, 3.63) is 59.2 Å². The third-order valence-electron chi connectivity index (χ3n) is 4.35. The number of fused-ring (bicyclic) bond motifs is 3. The fourth-order valence-corrected chi connectivity index (χ4v) is 3.13. The zero-order chi connectivity index (χ0) is 17.6. The van der Waals surface area contributed by atoms with Crippen LogP contribution in [0.1, 0.15) is 19.4 Å². The summed E-state index contributed by atoms with van der Waals surface area (Å²) in [5.41, 5.74) is 3.18. The van der Waals surface area contributed by atoms with Crippen molar-refractivity contribution in [1.82, 2.24) is 9.97 Å². The number of nitrogens with zero attached hydrogens (tertiary/aromatic N) is 2. The molecule has 2 aromatic carbocycles. The van der Waals surface area contributed by atoms with Gasteiger partial charge in [-0.1, -0.05) is 11.6 Å². The Kier molecular flexibility index (Phi) is 3.65. The molecule has 0 bridgehead atoms. The second-order valence-corrected chi connectivity index (χ2v) is 6.87. The Balaban J connectivity index is 1.90. The molecule has 0 atom stereocenters. The van der Waals surface area contributed by atoms with Crippen LogP contribution in [0.2, 0.25) is 5.02 Å². The summed E-state index contributed by atoms with van der Waals surface area (Å²) >= 11 is 5.98. The highest BCUT2D eigenvalue weighted by Crippen LogP contribution is 2.45. The average molecular weight is 353 g/mol. The van der Waals surface area contributed by atoms with Gasteiger partial charge in [0.05, 0.1) is 12.8 Å². The van der Waals surface area contributed by atoms with Gasteiger partial charge in [-0.15, -0.1) is 0 Å². The van der Waals surface area contributed by atoms with Crippen LogP contribution >= 0.6 is 11.6 Å². The van der Waals surface area contributed by atoms with Crippen molar-refractivity contribution in [2.45, 2.75) is 19.4 Å². The minimum atomic E-state index is -0.521. The molecule has 0 unspecified atom stereocenters. The Morgan fingerprint density at radius 2 is 1.84 bits per heavy atom.